The smallest absolute Gasteiger partial charge is 0.315 e. The quantitative estimate of drug-likeness (QED) is 0.766. The number of carbonyl (C=O) groups excluding carboxylic acids is 1. The molecule has 1 aromatic heterocycles. The van der Waals surface area contributed by atoms with Crippen molar-refractivity contribution >= 4 is 6.03 Å². The third-order valence-corrected chi connectivity index (χ3v) is 4.00. The first-order chi connectivity index (χ1) is 12.0. The number of likely N-dealkylation sites (N-methyl/N-ethyl adjacent to an activating group) is 1. The van der Waals surface area contributed by atoms with Gasteiger partial charge in [0, 0.05) is 31.5 Å². The van der Waals surface area contributed by atoms with Crippen molar-refractivity contribution in [1.82, 2.24) is 25.1 Å². The molecule has 2 atom stereocenters. The molecule has 0 radical (unpaired) electrons. The molecule has 136 valence electrons. The summed E-state index contributed by atoms with van der Waals surface area (Å²) < 4.78 is 7.13. The number of methoxy groups -OCH3 is 1. The van der Waals surface area contributed by atoms with Gasteiger partial charge in [0.2, 0.25) is 0 Å². The first-order valence-corrected chi connectivity index (χ1v) is 8.30. The molecule has 0 aliphatic rings. The standard InChI is InChI=1S/C18H27N5O2/c1-14(12-23-10-9-19-13-23)21-18(24)20-11-17(22(2)3)15-5-7-16(25-4)8-6-15/h5-10,13-14,17H,11-12H2,1-4H3,(H2,20,21,24)/t14-,17+/m1/s1. The van der Waals surface area contributed by atoms with Gasteiger partial charge in [0.05, 0.1) is 19.5 Å². The maximum absolute atomic E-state index is 12.2. The van der Waals surface area contributed by atoms with Crippen LogP contribution in [0.2, 0.25) is 0 Å². The lowest BCUT2D eigenvalue weighted by Crippen LogP contribution is -2.45. The van der Waals surface area contributed by atoms with Gasteiger partial charge in [-0.1, -0.05) is 12.1 Å². The van der Waals surface area contributed by atoms with Crippen molar-refractivity contribution in [1.29, 1.82) is 0 Å². The largest absolute Gasteiger partial charge is 0.497 e. The number of hydrogen-bond donors (Lipinski definition) is 2. The van der Waals surface area contributed by atoms with E-state index in [0.717, 1.165) is 11.3 Å². The van der Waals surface area contributed by atoms with E-state index in [0.29, 0.717) is 13.1 Å². The number of aromatic nitrogens is 2. The minimum absolute atomic E-state index is 0.00740. The summed E-state index contributed by atoms with van der Waals surface area (Å²) in [4.78, 5) is 18.2. The zero-order valence-corrected chi connectivity index (χ0v) is 15.3. The molecule has 0 saturated heterocycles. The molecule has 0 fully saturated rings. The summed E-state index contributed by atoms with van der Waals surface area (Å²) in [6.45, 7) is 3.17. The van der Waals surface area contributed by atoms with Gasteiger partial charge in [0.1, 0.15) is 5.75 Å². The number of urea groups is 1. The Hall–Kier alpha value is -2.54. The van der Waals surface area contributed by atoms with Crippen LogP contribution in [0.5, 0.6) is 5.75 Å². The Labute approximate surface area is 149 Å². The fourth-order valence-electron chi connectivity index (χ4n) is 2.65. The van der Waals surface area contributed by atoms with E-state index in [4.69, 9.17) is 4.74 Å². The predicted molar refractivity (Wildman–Crippen MR) is 97.6 cm³/mol. The monoisotopic (exact) mass is 345 g/mol. The Balaban J connectivity index is 1.86. The first-order valence-electron chi connectivity index (χ1n) is 8.30. The Morgan fingerprint density at radius 3 is 2.60 bits per heavy atom. The van der Waals surface area contributed by atoms with E-state index < -0.39 is 0 Å². The lowest BCUT2D eigenvalue weighted by atomic mass is 10.1. The van der Waals surface area contributed by atoms with Crippen molar-refractivity contribution in [3.05, 3.63) is 48.5 Å². The Kier molecular flexibility index (Phi) is 6.82. The molecule has 0 spiro atoms. The third kappa shape index (κ3) is 5.79. The Bertz CT molecular complexity index is 640. The summed E-state index contributed by atoms with van der Waals surface area (Å²) in [7, 11) is 5.64. The summed E-state index contributed by atoms with van der Waals surface area (Å²) in [5.74, 6) is 0.820. The van der Waals surface area contributed by atoms with Gasteiger partial charge in [-0.05, 0) is 38.7 Å². The number of nitrogens with zero attached hydrogens (tertiary/aromatic N) is 3. The summed E-state index contributed by atoms with van der Waals surface area (Å²) in [6, 6.07) is 7.81. The van der Waals surface area contributed by atoms with E-state index in [1.165, 1.54) is 0 Å². The topological polar surface area (TPSA) is 71.4 Å². The fraction of sp³-hybridized carbons (Fsp3) is 0.444. The molecule has 0 aliphatic heterocycles. The zero-order chi connectivity index (χ0) is 18.2. The summed E-state index contributed by atoms with van der Waals surface area (Å²) in [6.07, 6.45) is 5.34. The van der Waals surface area contributed by atoms with Crippen molar-refractivity contribution in [2.75, 3.05) is 27.7 Å². The van der Waals surface area contributed by atoms with Gasteiger partial charge >= 0.3 is 6.03 Å². The molecule has 0 aliphatic carbocycles. The Morgan fingerprint density at radius 1 is 1.32 bits per heavy atom. The van der Waals surface area contributed by atoms with Crippen LogP contribution in [0.3, 0.4) is 0 Å². The summed E-state index contributed by atoms with van der Waals surface area (Å²) in [5, 5.41) is 5.90. The third-order valence-electron chi connectivity index (χ3n) is 4.00. The van der Waals surface area contributed by atoms with Crippen molar-refractivity contribution in [2.45, 2.75) is 25.6 Å². The number of imidazole rings is 1. The van der Waals surface area contributed by atoms with E-state index in [9.17, 15) is 4.79 Å². The average Bonchev–Trinajstić information content (AvgIpc) is 3.08. The van der Waals surface area contributed by atoms with Crippen LogP contribution in [0.25, 0.3) is 0 Å². The van der Waals surface area contributed by atoms with Crippen LogP contribution in [0.15, 0.2) is 43.0 Å². The molecular formula is C18H27N5O2. The van der Waals surface area contributed by atoms with Gasteiger partial charge in [0.15, 0.2) is 0 Å². The highest BCUT2D eigenvalue weighted by Gasteiger charge is 2.16. The minimum atomic E-state index is -0.173. The molecule has 7 nitrogen and oxygen atoms in total. The minimum Gasteiger partial charge on any atom is -0.497 e. The molecule has 1 heterocycles. The van der Waals surface area contributed by atoms with E-state index in [2.05, 4.69) is 20.5 Å². The van der Waals surface area contributed by atoms with Crippen LogP contribution >= 0.6 is 0 Å². The van der Waals surface area contributed by atoms with Gasteiger partial charge in [-0.3, -0.25) is 0 Å². The first kappa shape index (κ1) is 18.8. The molecule has 0 saturated carbocycles. The molecule has 25 heavy (non-hydrogen) atoms. The van der Waals surface area contributed by atoms with Crippen molar-refractivity contribution in [2.24, 2.45) is 0 Å². The molecule has 2 amide bonds. The van der Waals surface area contributed by atoms with E-state index in [-0.39, 0.29) is 18.1 Å². The normalized spacial score (nSPS) is 13.3. The highest BCUT2D eigenvalue weighted by molar-refractivity contribution is 5.74. The Morgan fingerprint density at radius 2 is 2.04 bits per heavy atom. The highest BCUT2D eigenvalue weighted by Crippen LogP contribution is 2.20. The number of amides is 2. The van der Waals surface area contributed by atoms with Gasteiger partial charge in [-0.15, -0.1) is 0 Å². The van der Waals surface area contributed by atoms with Crippen LogP contribution in [0.1, 0.15) is 18.5 Å². The van der Waals surface area contributed by atoms with Crippen LogP contribution in [-0.4, -0.2) is 54.3 Å². The summed E-state index contributed by atoms with van der Waals surface area (Å²) in [5.41, 5.74) is 1.12. The number of rotatable bonds is 8. The second-order valence-electron chi connectivity index (χ2n) is 6.27. The van der Waals surface area contributed by atoms with E-state index in [1.54, 1.807) is 19.6 Å². The van der Waals surface area contributed by atoms with Gasteiger partial charge in [-0.2, -0.15) is 0 Å². The molecule has 2 aromatic rings. The highest BCUT2D eigenvalue weighted by atomic mass is 16.5. The molecule has 7 heteroatoms. The molecule has 0 unspecified atom stereocenters. The van der Waals surface area contributed by atoms with Crippen LogP contribution in [0.4, 0.5) is 4.79 Å². The zero-order valence-electron chi connectivity index (χ0n) is 15.3. The lowest BCUT2D eigenvalue weighted by molar-refractivity contribution is 0.228. The fourth-order valence-corrected chi connectivity index (χ4v) is 2.65. The summed E-state index contributed by atoms with van der Waals surface area (Å²) >= 11 is 0. The molecular weight excluding hydrogens is 318 g/mol. The maximum atomic E-state index is 12.2. The number of ether oxygens (including phenoxy) is 1. The number of carbonyl (C=O) groups is 1. The van der Waals surface area contributed by atoms with Crippen LogP contribution < -0.4 is 15.4 Å². The van der Waals surface area contributed by atoms with E-state index in [1.807, 2.05) is 56.0 Å². The van der Waals surface area contributed by atoms with E-state index >= 15 is 0 Å². The second kappa shape index (κ2) is 9.08. The van der Waals surface area contributed by atoms with Crippen molar-refractivity contribution < 1.29 is 9.53 Å². The van der Waals surface area contributed by atoms with Crippen molar-refractivity contribution in [3.63, 3.8) is 0 Å². The predicted octanol–water partition coefficient (Wildman–Crippen LogP) is 1.88. The maximum Gasteiger partial charge on any atom is 0.315 e. The van der Waals surface area contributed by atoms with Crippen molar-refractivity contribution in [3.8, 4) is 5.75 Å². The SMILES string of the molecule is COc1ccc([C@H](CNC(=O)N[C@H](C)Cn2ccnc2)N(C)C)cc1. The second-order valence-corrected chi connectivity index (χ2v) is 6.27. The van der Waals surface area contributed by atoms with Gasteiger partial charge in [-0.25, -0.2) is 9.78 Å². The average molecular weight is 345 g/mol. The van der Waals surface area contributed by atoms with Crippen LogP contribution in [-0.2, 0) is 6.54 Å². The number of benzene rings is 1. The van der Waals surface area contributed by atoms with Gasteiger partial charge < -0.3 is 24.8 Å². The number of nitrogens with one attached hydrogen (secondary N) is 2. The molecule has 2 rings (SSSR count). The lowest BCUT2D eigenvalue weighted by Gasteiger charge is -2.26. The van der Waals surface area contributed by atoms with Crippen LogP contribution in [0, 0.1) is 0 Å². The molecule has 0 bridgehead atoms. The number of hydrogen-bond acceptors (Lipinski definition) is 4. The van der Waals surface area contributed by atoms with Gasteiger partial charge in [0.25, 0.3) is 0 Å². The molecule has 2 N–H and O–H groups in total. The molecule has 1 aromatic carbocycles.